The number of hydrogen-bond acceptors (Lipinski definition) is 5. The summed E-state index contributed by atoms with van der Waals surface area (Å²) in [5.74, 6) is 2.43. The molecule has 0 saturated carbocycles. The van der Waals surface area contributed by atoms with Crippen molar-refractivity contribution in [2.75, 3.05) is 19.5 Å². The molecule has 0 aliphatic rings. The quantitative estimate of drug-likeness (QED) is 0.477. The molecule has 3 amide bonds. The van der Waals surface area contributed by atoms with Crippen LogP contribution < -0.4 is 15.4 Å². The zero-order valence-corrected chi connectivity index (χ0v) is 22.6. The average molecular weight is 508 g/mol. The Kier molecular flexibility index (Phi) is 10.1. The number of carbonyl (C=O) groups is 3. The van der Waals surface area contributed by atoms with Crippen LogP contribution in [0.2, 0.25) is 0 Å². The summed E-state index contributed by atoms with van der Waals surface area (Å²) in [7, 11) is 3.08. The molecule has 0 aromatic heterocycles. The number of amides is 3. The van der Waals surface area contributed by atoms with Gasteiger partial charge in [0.15, 0.2) is 0 Å². The monoisotopic (exact) mass is 507 g/mol. The molecule has 0 heterocycles. The highest BCUT2D eigenvalue weighted by molar-refractivity contribution is 5.99. The lowest BCUT2D eigenvalue weighted by molar-refractivity contribution is -0.139. The second kappa shape index (κ2) is 12.8. The highest BCUT2D eigenvalue weighted by atomic mass is 16.6. The van der Waals surface area contributed by atoms with Crippen LogP contribution in [0.25, 0.3) is 0 Å². The summed E-state index contributed by atoms with van der Waals surface area (Å²) in [5, 5.41) is 5.54. The summed E-state index contributed by atoms with van der Waals surface area (Å²) in [6, 6.07) is 11.8. The molecule has 2 atom stereocenters. The average Bonchev–Trinajstić information content (AvgIpc) is 2.82. The fourth-order valence-corrected chi connectivity index (χ4v) is 3.79. The lowest BCUT2D eigenvalue weighted by atomic mass is 9.96. The predicted octanol–water partition coefficient (Wildman–Crippen LogP) is 4.75. The third kappa shape index (κ3) is 8.57. The van der Waals surface area contributed by atoms with E-state index in [1.165, 1.54) is 11.9 Å². The fraction of sp³-hybridized carbons (Fsp3) is 0.414. The van der Waals surface area contributed by atoms with Crippen LogP contribution in [-0.4, -0.2) is 48.6 Å². The Hall–Kier alpha value is -3.99. The Balaban J connectivity index is 2.43. The second-order valence-corrected chi connectivity index (χ2v) is 10.1. The number of terminal acetylenes is 1. The van der Waals surface area contributed by atoms with Gasteiger partial charge in [-0.25, -0.2) is 4.79 Å². The number of rotatable bonds is 9. The molecule has 2 aromatic rings. The van der Waals surface area contributed by atoms with Gasteiger partial charge in [0, 0.05) is 18.3 Å². The van der Waals surface area contributed by atoms with Gasteiger partial charge >= 0.3 is 6.09 Å². The number of methoxy groups -OCH3 is 1. The third-order valence-corrected chi connectivity index (χ3v) is 5.45. The van der Waals surface area contributed by atoms with Crippen LogP contribution in [0.3, 0.4) is 0 Å². The Bertz CT molecular complexity index is 1130. The van der Waals surface area contributed by atoms with E-state index < -0.39 is 35.6 Å². The van der Waals surface area contributed by atoms with Crippen molar-refractivity contribution in [3.8, 4) is 18.1 Å². The van der Waals surface area contributed by atoms with Crippen LogP contribution in [0.15, 0.2) is 48.5 Å². The van der Waals surface area contributed by atoms with E-state index in [1.54, 1.807) is 76.4 Å². The van der Waals surface area contributed by atoms with Crippen LogP contribution in [0.4, 0.5) is 10.5 Å². The van der Waals surface area contributed by atoms with Crippen molar-refractivity contribution in [2.24, 2.45) is 5.92 Å². The summed E-state index contributed by atoms with van der Waals surface area (Å²) in [6.45, 7) is 9.12. The highest BCUT2D eigenvalue weighted by Gasteiger charge is 2.35. The van der Waals surface area contributed by atoms with Crippen molar-refractivity contribution in [3.63, 3.8) is 0 Å². The first kappa shape index (κ1) is 29.2. The first-order valence-electron chi connectivity index (χ1n) is 12.1. The van der Waals surface area contributed by atoms with Crippen LogP contribution in [0.5, 0.6) is 5.75 Å². The lowest BCUT2D eigenvalue weighted by Crippen LogP contribution is -2.51. The molecule has 0 fully saturated rings. The largest absolute Gasteiger partial charge is 0.497 e. The molecule has 0 aliphatic carbocycles. The van der Waals surface area contributed by atoms with E-state index in [4.69, 9.17) is 15.9 Å². The van der Waals surface area contributed by atoms with Crippen LogP contribution >= 0.6 is 0 Å². The number of hydrogen-bond donors (Lipinski definition) is 2. The maximum Gasteiger partial charge on any atom is 0.408 e. The zero-order valence-electron chi connectivity index (χ0n) is 22.6. The number of benzene rings is 2. The van der Waals surface area contributed by atoms with E-state index in [2.05, 4.69) is 16.6 Å². The van der Waals surface area contributed by atoms with E-state index in [0.29, 0.717) is 29.0 Å². The molecule has 2 N–H and O–H groups in total. The van der Waals surface area contributed by atoms with Crippen molar-refractivity contribution in [1.82, 2.24) is 10.2 Å². The van der Waals surface area contributed by atoms with Gasteiger partial charge in [0.1, 0.15) is 23.4 Å². The van der Waals surface area contributed by atoms with Crippen molar-refractivity contribution < 1.29 is 23.9 Å². The topological polar surface area (TPSA) is 97.0 Å². The minimum Gasteiger partial charge on any atom is -0.497 e. The molecule has 37 heavy (non-hydrogen) atoms. The Morgan fingerprint density at radius 1 is 1.05 bits per heavy atom. The van der Waals surface area contributed by atoms with E-state index >= 15 is 0 Å². The molecule has 2 rings (SSSR count). The molecular weight excluding hydrogens is 470 g/mol. The number of anilines is 1. The van der Waals surface area contributed by atoms with E-state index in [-0.39, 0.29) is 5.92 Å². The SMILES string of the molecule is C#Cc1ccccc1C(C(=O)Nc1ccc(OC)cc1)N(C)C(=O)C(CC(C)C)NC(=O)OC(C)(C)C. The number of likely N-dealkylation sites (N-methyl/N-ethyl adjacent to an activating group) is 1. The van der Waals surface area contributed by atoms with Crippen LogP contribution in [-0.2, 0) is 14.3 Å². The van der Waals surface area contributed by atoms with Crippen LogP contribution in [0, 0.1) is 18.3 Å². The van der Waals surface area contributed by atoms with Gasteiger partial charge in [-0.15, -0.1) is 6.42 Å². The number of carbonyl (C=O) groups excluding carboxylic acids is 3. The molecule has 0 saturated heterocycles. The van der Waals surface area contributed by atoms with E-state index in [0.717, 1.165) is 0 Å². The van der Waals surface area contributed by atoms with Gasteiger partial charge in [-0.1, -0.05) is 38.0 Å². The maximum absolute atomic E-state index is 13.7. The van der Waals surface area contributed by atoms with Crippen LogP contribution in [0.1, 0.15) is 58.2 Å². The summed E-state index contributed by atoms with van der Waals surface area (Å²) < 4.78 is 10.5. The maximum atomic E-state index is 13.7. The molecular formula is C29H37N3O5. The first-order chi connectivity index (χ1) is 17.4. The van der Waals surface area contributed by atoms with E-state index in [1.807, 2.05) is 13.8 Å². The molecule has 198 valence electrons. The fourth-order valence-electron chi connectivity index (χ4n) is 3.79. The van der Waals surface area contributed by atoms with Crippen molar-refractivity contribution in [2.45, 2.75) is 58.7 Å². The molecule has 0 bridgehead atoms. The Morgan fingerprint density at radius 3 is 2.22 bits per heavy atom. The number of ether oxygens (including phenoxy) is 2. The van der Waals surface area contributed by atoms with Gasteiger partial charge in [0.05, 0.1) is 7.11 Å². The van der Waals surface area contributed by atoms with Gasteiger partial charge < -0.3 is 25.0 Å². The second-order valence-electron chi connectivity index (χ2n) is 10.1. The van der Waals surface area contributed by atoms with Gasteiger partial charge in [0.25, 0.3) is 5.91 Å². The van der Waals surface area contributed by atoms with Gasteiger partial charge in [-0.2, -0.15) is 0 Å². The Labute approximate surface area is 219 Å². The normalized spacial score (nSPS) is 12.6. The van der Waals surface area contributed by atoms with E-state index in [9.17, 15) is 14.4 Å². The van der Waals surface area contributed by atoms with Crippen molar-refractivity contribution in [3.05, 3.63) is 59.7 Å². The molecule has 8 heteroatoms. The Morgan fingerprint density at radius 2 is 1.68 bits per heavy atom. The van der Waals surface area contributed by atoms with Crippen molar-refractivity contribution >= 4 is 23.6 Å². The molecule has 0 spiro atoms. The molecule has 2 aromatic carbocycles. The van der Waals surface area contributed by atoms with Crippen molar-refractivity contribution in [1.29, 1.82) is 0 Å². The first-order valence-corrected chi connectivity index (χ1v) is 12.1. The number of alkyl carbamates (subject to hydrolysis) is 1. The zero-order chi connectivity index (χ0) is 27.8. The number of nitrogens with one attached hydrogen (secondary N) is 2. The predicted molar refractivity (Wildman–Crippen MR) is 144 cm³/mol. The lowest BCUT2D eigenvalue weighted by Gasteiger charge is -2.32. The molecule has 0 aliphatic heterocycles. The minimum absolute atomic E-state index is 0.0851. The third-order valence-electron chi connectivity index (χ3n) is 5.45. The summed E-state index contributed by atoms with van der Waals surface area (Å²) in [4.78, 5) is 41.2. The van der Waals surface area contributed by atoms with Gasteiger partial charge in [-0.05, 0) is 69.0 Å². The van der Waals surface area contributed by atoms with Gasteiger partial charge in [-0.3, -0.25) is 9.59 Å². The molecule has 8 nitrogen and oxygen atoms in total. The highest BCUT2D eigenvalue weighted by Crippen LogP contribution is 2.27. The summed E-state index contributed by atoms with van der Waals surface area (Å²) in [5.41, 5.74) is 0.777. The molecule has 0 radical (unpaired) electrons. The minimum atomic E-state index is -1.06. The standard InChI is InChI=1S/C29H37N3O5/c1-9-20-12-10-11-13-23(20)25(26(33)30-21-14-16-22(36-8)17-15-21)32(7)27(34)24(18-19(2)3)31-28(35)37-29(4,5)6/h1,10-17,19,24-25H,18H2,2-8H3,(H,30,33)(H,31,35). The summed E-state index contributed by atoms with van der Waals surface area (Å²) in [6.07, 6.45) is 5.37. The number of nitrogens with zero attached hydrogens (tertiary/aromatic N) is 1. The summed E-state index contributed by atoms with van der Waals surface area (Å²) >= 11 is 0. The van der Waals surface area contributed by atoms with Gasteiger partial charge in [0.2, 0.25) is 5.91 Å². The smallest absolute Gasteiger partial charge is 0.408 e. The molecule has 2 unspecified atom stereocenters.